The van der Waals surface area contributed by atoms with Crippen molar-refractivity contribution in [3.63, 3.8) is 0 Å². The van der Waals surface area contributed by atoms with E-state index in [1.165, 1.54) is 28.4 Å². The maximum atomic E-state index is 12.8. The van der Waals surface area contributed by atoms with Crippen LogP contribution in [0.25, 0.3) is 11.3 Å². The molecule has 0 aliphatic rings. The molecule has 0 unspecified atom stereocenters. The fourth-order valence-corrected chi connectivity index (χ4v) is 2.51. The van der Waals surface area contributed by atoms with Gasteiger partial charge in [-0.15, -0.1) is 22.9 Å². The Labute approximate surface area is 119 Å². The molecule has 3 nitrogen and oxygen atoms in total. The first-order chi connectivity index (χ1) is 9.11. The highest BCUT2D eigenvalue weighted by molar-refractivity contribution is 7.14. The Balaban J connectivity index is 2.19. The molecule has 0 fully saturated rings. The van der Waals surface area contributed by atoms with Crippen molar-refractivity contribution in [3.05, 3.63) is 35.5 Å². The van der Waals surface area contributed by atoms with Gasteiger partial charge in [-0.1, -0.05) is 0 Å². The summed E-state index contributed by atoms with van der Waals surface area (Å²) < 4.78 is 12.8. The predicted octanol–water partition coefficient (Wildman–Crippen LogP) is 3.54. The first-order valence-electron chi connectivity index (χ1n) is 5.66. The Morgan fingerprint density at radius 3 is 2.74 bits per heavy atom. The second-order valence-corrected chi connectivity index (χ2v) is 5.13. The lowest BCUT2D eigenvalue weighted by Gasteiger charge is -2.12. The zero-order chi connectivity index (χ0) is 13.8. The Morgan fingerprint density at radius 1 is 1.42 bits per heavy atom. The van der Waals surface area contributed by atoms with Gasteiger partial charge < -0.3 is 0 Å². The molecule has 1 aromatic carbocycles. The summed E-state index contributed by atoms with van der Waals surface area (Å²) in [7, 11) is 1.67. The number of carbonyl (C=O) groups is 1. The topological polar surface area (TPSA) is 33.2 Å². The van der Waals surface area contributed by atoms with E-state index < -0.39 is 0 Å². The Kier molecular flexibility index (Phi) is 4.50. The monoisotopic (exact) mass is 298 g/mol. The van der Waals surface area contributed by atoms with E-state index in [0.29, 0.717) is 11.0 Å². The minimum absolute atomic E-state index is 0.0741. The summed E-state index contributed by atoms with van der Waals surface area (Å²) >= 11 is 6.91. The van der Waals surface area contributed by atoms with E-state index in [0.717, 1.165) is 11.3 Å². The largest absolute Gasteiger partial charge is 0.291 e. The fraction of sp³-hybridized carbons (Fsp3) is 0.231. The van der Waals surface area contributed by atoms with Crippen LogP contribution >= 0.6 is 22.9 Å². The molecule has 19 heavy (non-hydrogen) atoms. The van der Waals surface area contributed by atoms with Crippen molar-refractivity contribution in [1.82, 2.24) is 4.98 Å². The van der Waals surface area contributed by atoms with E-state index in [1.54, 1.807) is 19.2 Å². The lowest BCUT2D eigenvalue weighted by molar-refractivity contribution is -0.117. The van der Waals surface area contributed by atoms with Crippen molar-refractivity contribution in [2.24, 2.45) is 0 Å². The molecule has 100 valence electrons. The zero-order valence-electron chi connectivity index (χ0n) is 10.3. The van der Waals surface area contributed by atoms with Gasteiger partial charge in [-0.3, -0.25) is 9.69 Å². The summed E-state index contributed by atoms with van der Waals surface area (Å²) in [5.74, 6) is -0.0667. The lowest BCUT2D eigenvalue weighted by Crippen LogP contribution is -2.26. The number of anilines is 1. The van der Waals surface area contributed by atoms with E-state index >= 15 is 0 Å². The summed E-state index contributed by atoms with van der Waals surface area (Å²) in [6.45, 7) is 0. The van der Waals surface area contributed by atoms with Crippen LogP contribution in [-0.2, 0) is 4.79 Å². The molecule has 0 saturated heterocycles. The van der Waals surface area contributed by atoms with E-state index in [1.807, 2.05) is 5.38 Å². The van der Waals surface area contributed by atoms with Gasteiger partial charge in [0.1, 0.15) is 5.82 Å². The van der Waals surface area contributed by atoms with Gasteiger partial charge >= 0.3 is 0 Å². The van der Waals surface area contributed by atoms with E-state index in [9.17, 15) is 9.18 Å². The molecule has 6 heteroatoms. The molecule has 1 aromatic heterocycles. The number of benzene rings is 1. The average molecular weight is 299 g/mol. The van der Waals surface area contributed by atoms with Crippen LogP contribution in [0.2, 0.25) is 0 Å². The van der Waals surface area contributed by atoms with Crippen LogP contribution in [-0.4, -0.2) is 23.8 Å². The third-order valence-corrected chi connectivity index (χ3v) is 3.71. The number of amides is 1. The van der Waals surface area contributed by atoms with Crippen molar-refractivity contribution >= 4 is 34.0 Å². The number of hydrogen-bond acceptors (Lipinski definition) is 3. The zero-order valence-corrected chi connectivity index (χ0v) is 11.8. The number of alkyl halides is 1. The minimum Gasteiger partial charge on any atom is -0.291 e. The van der Waals surface area contributed by atoms with E-state index in [4.69, 9.17) is 11.6 Å². The summed E-state index contributed by atoms with van der Waals surface area (Å²) in [6, 6.07) is 6.09. The molecule has 0 radical (unpaired) electrons. The molecule has 2 rings (SSSR count). The second kappa shape index (κ2) is 6.12. The van der Waals surface area contributed by atoms with Crippen LogP contribution in [0.3, 0.4) is 0 Å². The fourth-order valence-electron chi connectivity index (χ4n) is 1.53. The van der Waals surface area contributed by atoms with Gasteiger partial charge in [0.2, 0.25) is 5.91 Å². The Hall–Kier alpha value is -1.46. The maximum absolute atomic E-state index is 12.8. The van der Waals surface area contributed by atoms with Crippen molar-refractivity contribution in [2.45, 2.75) is 6.42 Å². The third kappa shape index (κ3) is 3.30. The van der Waals surface area contributed by atoms with Crippen molar-refractivity contribution < 1.29 is 9.18 Å². The second-order valence-electron chi connectivity index (χ2n) is 3.91. The van der Waals surface area contributed by atoms with Gasteiger partial charge in [-0.25, -0.2) is 9.37 Å². The Bertz CT molecular complexity index is 570. The maximum Gasteiger partial charge on any atom is 0.229 e. The predicted molar refractivity (Wildman–Crippen MR) is 76.3 cm³/mol. The first kappa shape index (κ1) is 14.0. The molecule has 1 heterocycles. The number of rotatable bonds is 4. The van der Waals surface area contributed by atoms with Crippen molar-refractivity contribution in [1.29, 1.82) is 0 Å². The summed E-state index contributed by atoms with van der Waals surface area (Å²) in [5, 5.41) is 2.45. The smallest absolute Gasteiger partial charge is 0.229 e. The number of thiazole rings is 1. The van der Waals surface area contributed by atoms with Crippen LogP contribution in [0, 0.1) is 5.82 Å². The van der Waals surface area contributed by atoms with E-state index in [-0.39, 0.29) is 18.1 Å². The molecule has 2 aromatic rings. The van der Waals surface area contributed by atoms with Crippen LogP contribution < -0.4 is 4.90 Å². The molecule has 0 aliphatic heterocycles. The molecular weight excluding hydrogens is 287 g/mol. The number of carbonyl (C=O) groups excluding carboxylic acids is 1. The quantitative estimate of drug-likeness (QED) is 0.809. The van der Waals surface area contributed by atoms with E-state index in [2.05, 4.69) is 4.98 Å². The number of hydrogen-bond donors (Lipinski definition) is 0. The molecule has 0 spiro atoms. The molecule has 0 atom stereocenters. The minimum atomic E-state index is -0.284. The molecule has 1 amide bonds. The van der Waals surface area contributed by atoms with Crippen LogP contribution in [0.4, 0.5) is 9.52 Å². The highest BCUT2D eigenvalue weighted by Gasteiger charge is 2.14. The average Bonchev–Trinajstić information content (AvgIpc) is 2.88. The number of halogens is 2. The number of aromatic nitrogens is 1. The molecule has 0 N–H and O–H groups in total. The van der Waals surface area contributed by atoms with Gasteiger partial charge in [0.05, 0.1) is 5.69 Å². The van der Waals surface area contributed by atoms with Gasteiger partial charge in [-0.2, -0.15) is 0 Å². The first-order valence-corrected chi connectivity index (χ1v) is 7.07. The van der Waals surface area contributed by atoms with Crippen LogP contribution in [0.15, 0.2) is 29.6 Å². The Morgan fingerprint density at radius 2 is 2.11 bits per heavy atom. The van der Waals surface area contributed by atoms with Gasteiger partial charge in [-0.05, 0) is 24.3 Å². The number of nitrogens with zero attached hydrogens (tertiary/aromatic N) is 2. The summed E-state index contributed by atoms with van der Waals surface area (Å²) in [6.07, 6.45) is 0.281. The van der Waals surface area contributed by atoms with Gasteiger partial charge in [0.25, 0.3) is 0 Å². The molecule has 0 bridgehead atoms. The highest BCUT2D eigenvalue weighted by atomic mass is 35.5. The standard InChI is InChI=1S/C13H12ClFN2OS/c1-17(12(18)6-7-14)13-16-11(8-19-13)9-2-4-10(15)5-3-9/h2-5,8H,6-7H2,1H3. The SMILES string of the molecule is CN(C(=O)CCCl)c1nc(-c2ccc(F)cc2)cs1. The van der Waals surface area contributed by atoms with Crippen LogP contribution in [0.1, 0.15) is 6.42 Å². The van der Waals surface area contributed by atoms with Crippen molar-refractivity contribution in [3.8, 4) is 11.3 Å². The summed E-state index contributed by atoms with van der Waals surface area (Å²) in [5.41, 5.74) is 1.55. The van der Waals surface area contributed by atoms with Crippen LogP contribution in [0.5, 0.6) is 0 Å². The molecular formula is C13H12ClFN2OS. The third-order valence-electron chi connectivity index (χ3n) is 2.60. The molecule has 0 saturated carbocycles. The van der Waals surface area contributed by atoms with Gasteiger partial charge in [0, 0.05) is 30.3 Å². The molecule has 0 aliphatic carbocycles. The summed E-state index contributed by atoms with van der Waals surface area (Å²) in [4.78, 5) is 17.6. The van der Waals surface area contributed by atoms with Crippen molar-refractivity contribution in [2.75, 3.05) is 17.8 Å². The van der Waals surface area contributed by atoms with Gasteiger partial charge in [0.15, 0.2) is 5.13 Å². The highest BCUT2D eigenvalue weighted by Crippen LogP contribution is 2.27. The normalized spacial score (nSPS) is 10.5. The lowest BCUT2D eigenvalue weighted by atomic mass is 10.2.